The normalized spacial score (nSPS) is 27.1. The molecule has 0 unspecified atom stereocenters. The van der Waals surface area contributed by atoms with Crippen molar-refractivity contribution in [1.82, 2.24) is 0 Å². The van der Waals surface area contributed by atoms with E-state index in [0.717, 1.165) is 5.56 Å². The molecule has 2 radical (unpaired) electrons. The largest absolute Gasteiger partial charge is 0.507 e. The summed E-state index contributed by atoms with van der Waals surface area (Å²) in [6.07, 6.45) is 1.63. The van der Waals surface area contributed by atoms with Crippen LogP contribution in [0.4, 0.5) is 14.9 Å². The Bertz CT molecular complexity index is 1410. The summed E-state index contributed by atoms with van der Waals surface area (Å²) in [6.45, 7) is 8.93. The molecule has 0 bridgehead atoms. The molecule has 1 amide bonds. The molecule has 1 fully saturated rings. The lowest BCUT2D eigenvalue weighted by molar-refractivity contribution is -0.158. The standard InChI is InChI=1S/C33H39BFNO8/c1-7-36(32(34)39)23-16-22-9-8-10-27-30(44-33(4,5)43-27)29(41-18-21-11-13-24(40-6)14-12-21)25(35)15-19(2)20(3)42-31(38)28(22)26(37)17-23/h8-9,11-17,19-20,27,29-30,37H,7,10,18H2,1-6H3/b9-8+,25-15+/t19-,20+,27+,29-,30+/m1/s1. The lowest BCUT2D eigenvalue weighted by Crippen LogP contribution is -2.38. The lowest BCUT2D eigenvalue weighted by Gasteiger charge is -2.27. The van der Waals surface area contributed by atoms with Gasteiger partial charge in [0, 0.05) is 24.2 Å². The highest BCUT2D eigenvalue weighted by atomic mass is 19.1. The molecule has 2 aromatic rings. The minimum atomic E-state index is -1.12. The first-order valence-electron chi connectivity index (χ1n) is 14.6. The minimum absolute atomic E-state index is 0.0905. The van der Waals surface area contributed by atoms with Crippen LogP contribution in [0.15, 0.2) is 54.4 Å². The number of carbonyl (C=O) groups is 2. The van der Waals surface area contributed by atoms with E-state index < -0.39 is 53.7 Å². The zero-order chi connectivity index (χ0) is 32.2. The number of halogens is 1. The summed E-state index contributed by atoms with van der Waals surface area (Å²) >= 11 is 0. The van der Waals surface area contributed by atoms with E-state index in [1.165, 1.54) is 17.0 Å². The second-order valence-electron chi connectivity index (χ2n) is 11.4. The molecule has 11 heteroatoms. The Balaban J connectivity index is 1.74. The highest BCUT2D eigenvalue weighted by Crippen LogP contribution is 2.37. The van der Waals surface area contributed by atoms with Gasteiger partial charge in [0.25, 0.3) is 0 Å². The number of carbonyl (C=O) groups excluding carboxylic acids is 2. The molecule has 0 aliphatic carbocycles. The fourth-order valence-electron chi connectivity index (χ4n) is 5.30. The number of nitrogens with zero attached hydrogens (tertiary/aromatic N) is 1. The average molecular weight is 607 g/mol. The monoisotopic (exact) mass is 607 g/mol. The summed E-state index contributed by atoms with van der Waals surface area (Å²) in [7, 11) is 7.11. The quantitative estimate of drug-likeness (QED) is 0.312. The van der Waals surface area contributed by atoms with Crippen LogP contribution in [0, 0.1) is 5.92 Å². The maximum Gasteiger partial charge on any atom is 0.342 e. The molecule has 4 rings (SSSR count). The third kappa shape index (κ3) is 7.69. The number of anilines is 1. The zero-order valence-corrected chi connectivity index (χ0v) is 25.9. The number of ether oxygens (including phenoxy) is 5. The fourth-order valence-corrected chi connectivity index (χ4v) is 5.30. The first-order chi connectivity index (χ1) is 20.8. The maximum atomic E-state index is 16.1. The molecule has 0 spiro atoms. The molecule has 2 heterocycles. The van der Waals surface area contributed by atoms with Crippen LogP contribution < -0.4 is 9.64 Å². The van der Waals surface area contributed by atoms with Crippen LogP contribution >= 0.6 is 0 Å². The summed E-state index contributed by atoms with van der Waals surface area (Å²) < 4.78 is 45.6. The van der Waals surface area contributed by atoms with E-state index in [2.05, 4.69) is 0 Å². The zero-order valence-electron chi connectivity index (χ0n) is 25.9. The van der Waals surface area contributed by atoms with Crippen LogP contribution in [0.3, 0.4) is 0 Å². The first-order valence-corrected chi connectivity index (χ1v) is 14.6. The van der Waals surface area contributed by atoms with E-state index in [4.69, 9.17) is 31.5 Å². The number of amides is 1. The number of hydrogen-bond acceptors (Lipinski definition) is 8. The van der Waals surface area contributed by atoms with E-state index in [9.17, 15) is 14.7 Å². The van der Waals surface area contributed by atoms with Gasteiger partial charge >= 0.3 is 5.97 Å². The van der Waals surface area contributed by atoms with E-state index in [0.29, 0.717) is 17.0 Å². The molecule has 0 saturated carbocycles. The smallest absolute Gasteiger partial charge is 0.342 e. The predicted molar refractivity (Wildman–Crippen MR) is 165 cm³/mol. The molecular weight excluding hydrogens is 568 g/mol. The number of phenolic OH excluding ortho intramolecular Hbond substituents is 1. The van der Waals surface area contributed by atoms with Gasteiger partial charge in [-0.1, -0.05) is 31.2 Å². The third-order valence-corrected chi connectivity index (χ3v) is 7.73. The summed E-state index contributed by atoms with van der Waals surface area (Å²) in [5, 5.41) is 10.9. The van der Waals surface area contributed by atoms with Gasteiger partial charge in [0.05, 0.1) is 19.8 Å². The van der Waals surface area contributed by atoms with Gasteiger partial charge in [-0.25, -0.2) is 9.18 Å². The van der Waals surface area contributed by atoms with Crippen LogP contribution in [0.25, 0.3) is 6.08 Å². The average Bonchev–Trinajstić information content (AvgIpc) is 3.26. The van der Waals surface area contributed by atoms with Gasteiger partial charge in [-0.2, -0.15) is 0 Å². The van der Waals surface area contributed by atoms with Gasteiger partial charge in [-0.3, -0.25) is 4.79 Å². The van der Waals surface area contributed by atoms with Crippen molar-refractivity contribution in [2.75, 3.05) is 18.6 Å². The Kier molecular flexibility index (Phi) is 10.5. The van der Waals surface area contributed by atoms with Crippen LogP contribution in [0.1, 0.15) is 62.5 Å². The highest BCUT2D eigenvalue weighted by Gasteiger charge is 2.46. The second kappa shape index (κ2) is 14.0. The van der Waals surface area contributed by atoms with Crippen molar-refractivity contribution < 1.29 is 42.8 Å². The topological polar surface area (TPSA) is 104 Å². The molecule has 2 aliphatic heterocycles. The van der Waals surface area contributed by atoms with Crippen molar-refractivity contribution in [3.63, 3.8) is 0 Å². The predicted octanol–water partition coefficient (Wildman–Crippen LogP) is 6.07. The molecule has 2 aliphatic rings. The van der Waals surface area contributed by atoms with Gasteiger partial charge < -0.3 is 33.7 Å². The number of aromatic hydroxyl groups is 1. The van der Waals surface area contributed by atoms with Gasteiger partial charge in [-0.15, -0.1) is 0 Å². The van der Waals surface area contributed by atoms with Crippen LogP contribution in [0.2, 0.25) is 0 Å². The van der Waals surface area contributed by atoms with Gasteiger partial charge in [0.1, 0.15) is 41.2 Å². The van der Waals surface area contributed by atoms with Gasteiger partial charge in [-0.05, 0) is 69.5 Å². The number of phenols is 1. The van der Waals surface area contributed by atoms with Crippen LogP contribution in [-0.4, -0.2) is 68.6 Å². The Morgan fingerprint density at radius 1 is 1.18 bits per heavy atom. The molecule has 0 aromatic heterocycles. The molecular formula is C33H39BFNO8. The van der Waals surface area contributed by atoms with Crippen molar-refractivity contribution in [2.24, 2.45) is 5.92 Å². The number of benzene rings is 2. The van der Waals surface area contributed by atoms with Crippen molar-refractivity contribution in [3.05, 3.63) is 71.1 Å². The molecule has 44 heavy (non-hydrogen) atoms. The van der Waals surface area contributed by atoms with Crippen molar-refractivity contribution >= 4 is 31.4 Å². The van der Waals surface area contributed by atoms with Crippen LogP contribution in [0.5, 0.6) is 11.5 Å². The number of fused-ring (bicyclic) bond motifs is 2. The van der Waals surface area contributed by atoms with Crippen molar-refractivity contribution in [2.45, 2.75) is 77.8 Å². The number of methoxy groups -OCH3 is 1. The summed E-state index contributed by atoms with van der Waals surface area (Å²) in [5.41, 5.74) is 1.34. The summed E-state index contributed by atoms with van der Waals surface area (Å²) in [4.78, 5) is 26.6. The molecule has 1 saturated heterocycles. The Morgan fingerprint density at radius 3 is 2.52 bits per heavy atom. The summed E-state index contributed by atoms with van der Waals surface area (Å²) in [5.74, 6) is -3.38. The lowest BCUT2D eigenvalue weighted by atomic mass is 9.97. The third-order valence-electron chi connectivity index (χ3n) is 7.73. The minimum Gasteiger partial charge on any atom is -0.507 e. The van der Waals surface area contributed by atoms with E-state index in [-0.39, 0.29) is 30.9 Å². The molecule has 1 N–H and O–H groups in total. The Hall–Kier alpha value is -3.67. The van der Waals surface area contributed by atoms with Gasteiger partial charge in [0.2, 0.25) is 7.85 Å². The van der Waals surface area contributed by atoms with Crippen molar-refractivity contribution in [1.29, 1.82) is 0 Å². The van der Waals surface area contributed by atoms with E-state index >= 15 is 4.39 Å². The number of cyclic esters (lactones) is 1. The van der Waals surface area contributed by atoms with Gasteiger partial charge in [0.15, 0.2) is 11.6 Å². The van der Waals surface area contributed by atoms with E-state index in [1.807, 2.05) is 12.1 Å². The Morgan fingerprint density at radius 2 is 1.89 bits per heavy atom. The maximum absolute atomic E-state index is 16.1. The number of rotatable bonds is 6. The first kappa shape index (κ1) is 33.2. The second-order valence-corrected chi connectivity index (χ2v) is 11.4. The van der Waals surface area contributed by atoms with Crippen molar-refractivity contribution in [3.8, 4) is 11.5 Å². The summed E-state index contributed by atoms with van der Waals surface area (Å²) in [6, 6.07) is 10.1. The number of hydrogen-bond donors (Lipinski definition) is 1. The SMILES string of the molecule is [B]C(=O)N(CC)c1cc(O)c2c(c1)/C=C/C[C@@H]1OC(C)(C)O[C@@H]1[C@H](OCc1ccc(OC)cc1)/C(F)=C\[C@@H](C)[C@H](C)OC2=O. The Labute approximate surface area is 259 Å². The molecule has 234 valence electrons. The van der Waals surface area contributed by atoms with E-state index in [1.54, 1.807) is 72.1 Å². The molecule has 5 atom stereocenters. The van der Waals surface area contributed by atoms with Crippen LogP contribution in [-0.2, 0) is 25.6 Å². The number of esters is 1. The highest BCUT2D eigenvalue weighted by molar-refractivity contribution is 6.60. The molecule has 9 nitrogen and oxygen atoms in total. The fraction of sp³-hybridized carbons (Fsp3) is 0.455. The molecule has 2 aromatic carbocycles.